The molecule has 1 amide bonds. The van der Waals surface area contributed by atoms with E-state index in [2.05, 4.69) is 33.5 Å². The third-order valence-corrected chi connectivity index (χ3v) is 1.40. The minimum Gasteiger partial charge on any atom is -1.00 e. The van der Waals surface area contributed by atoms with Crippen LogP contribution in [0.5, 0.6) is 0 Å². The van der Waals surface area contributed by atoms with Crippen molar-refractivity contribution >= 4 is 5.91 Å². The van der Waals surface area contributed by atoms with Gasteiger partial charge in [0.05, 0.1) is 28.2 Å². The second-order valence-corrected chi connectivity index (χ2v) is 4.84. The fourth-order valence-corrected chi connectivity index (χ4v) is 0.904. The van der Waals surface area contributed by atoms with Gasteiger partial charge >= 0.3 is 0 Å². The molecule has 1 heterocycles. The summed E-state index contributed by atoms with van der Waals surface area (Å²) >= 11 is 0. The van der Waals surface area contributed by atoms with Crippen molar-refractivity contribution in [1.82, 2.24) is 5.32 Å². The Kier molecular flexibility index (Phi) is 9.31. The van der Waals surface area contributed by atoms with Crippen LogP contribution in [0.15, 0.2) is 0 Å². The van der Waals surface area contributed by atoms with Crippen LogP contribution in [0.2, 0.25) is 0 Å². The molecular formula is C10H23ClN2O. The molecule has 1 N–H and O–H groups in total. The van der Waals surface area contributed by atoms with E-state index < -0.39 is 0 Å². The lowest BCUT2D eigenvalue weighted by molar-refractivity contribution is -0.849. The zero-order chi connectivity index (χ0) is 10.3. The molecule has 0 atom stereocenters. The smallest absolute Gasteiger partial charge is 0.219 e. The molecule has 1 fully saturated rings. The van der Waals surface area contributed by atoms with Gasteiger partial charge in [-0.15, -0.1) is 0 Å². The highest BCUT2D eigenvalue weighted by molar-refractivity contribution is 5.75. The highest BCUT2D eigenvalue weighted by Crippen LogP contribution is 2.02. The average molecular weight is 223 g/mol. The van der Waals surface area contributed by atoms with Gasteiger partial charge in [-0.25, -0.2) is 0 Å². The second kappa shape index (κ2) is 8.06. The molecule has 0 spiro atoms. The SMILES string of the molecule is C[N+](C)(C)C.O=C1CCCCCN1.[Cl-]. The van der Waals surface area contributed by atoms with E-state index in [-0.39, 0.29) is 18.3 Å². The quantitative estimate of drug-likeness (QED) is 0.473. The predicted octanol–water partition coefficient (Wildman–Crippen LogP) is -2.00. The van der Waals surface area contributed by atoms with Crippen molar-refractivity contribution < 1.29 is 21.7 Å². The molecule has 0 radical (unpaired) electrons. The van der Waals surface area contributed by atoms with Crippen LogP contribution in [0.1, 0.15) is 25.7 Å². The third kappa shape index (κ3) is 17.7. The number of halogens is 1. The van der Waals surface area contributed by atoms with Gasteiger partial charge in [-0.05, 0) is 12.8 Å². The molecule has 14 heavy (non-hydrogen) atoms. The predicted molar refractivity (Wildman–Crippen MR) is 55.4 cm³/mol. The van der Waals surface area contributed by atoms with Gasteiger partial charge in [0, 0.05) is 13.0 Å². The molecule has 0 aromatic heterocycles. The second-order valence-electron chi connectivity index (χ2n) is 4.84. The minimum atomic E-state index is 0. The largest absolute Gasteiger partial charge is 1.00 e. The molecule has 0 saturated carbocycles. The lowest BCUT2D eigenvalue weighted by Gasteiger charge is -2.14. The van der Waals surface area contributed by atoms with Crippen molar-refractivity contribution in [2.24, 2.45) is 0 Å². The van der Waals surface area contributed by atoms with E-state index in [4.69, 9.17) is 0 Å². The molecule has 0 aliphatic carbocycles. The first kappa shape index (κ1) is 16.2. The zero-order valence-electron chi connectivity index (χ0n) is 9.77. The maximum atomic E-state index is 10.6. The van der Waals surface area contributed by atoms with Gasteiger partial charge in [0.1, 0.15) is 0 Å². The number of nitrogens with zero attached hydrogens (tertiary/aromatic N) is 1. The summed E-state index contributed by atoms with van der Waals surface area (Å²) in [6.07, 6.45) is 4.18. The summed E-state index contributed by atoms with van der Waals surface area (Å²) in [4.78, 5) is 10.6. The number of hydrogen-bond donors (Lipinski definition) is 1. The summed E-state index contributed by atoms with van der Waals surface area (Å²) in [6.45, 7) is 0.888. The van der Waals surface area contributed by atoms with E-state index in [1.807, 2.05) is 0 Å². The molecule has 1 aliphatic heterocycles. The summed E-state index contributed by atoms with van der Waals surface area (Å²) < 4.78 is 1.00. The first-order valence-electron chi connectivity index (χ1n) is 4.95. The van der Waals surface area contributed by atoms with Crippen LogP contribution < -0.4 is 17.7 Å². The zero-order valence-corrected chi connectivity index (χ0v) is 10.5. The highest BCUT2D eigenvalue weighted by Gasteiger charge is 2.03. The number of carbonyl (C=O) groups excluding carboxylic acids is 1. The normalized spacial score (nSPS) is 16.7. The Morgan fingerprint density at radius 3 is 2.07 bits per heavy atom. The van der Waals surface area contributed by atoms with Crippen LogP contribution in [-0.4, -0.2) is 45.1 Å². The Bertz CT molecular complexity index is 139. The van der Waals surface area contributed by atoms with Crippen molar-refractivity contribution in [1.29, 1.82) is 0 Å². The topological polar surface area (TPSA) is 29.1 Å². The van der Waals surface area contributed by atoms with Crippen molar-refractivity contribution in [2.45, 2.75) is 25.7 Å². The number of hydrogen-bond acceptors (Lipinski definition) is 1. The van der Waals surface area contributed by atoms with E-state index in [1.54, 1.807) is 0 Å². The number of carbonyl (C=O) groups is 1. The molecule has 86 valence electrons. The standard InChI is InChI=1S/C6H11NO.C4H12N.ClH/c8-6-4-2-1-3-5-7-6;1-5(2,3)4;/h1-5H2,(H,7,8);1-4H3;1H/q;+1;/p-1. The fraction of sp³-hybridized carbons (Fsp3) is 0.900. The maximum absolute atomic E-state index is 10.6. The summed E-state index contributed by atoms with van der Waals surface area (Å²) in [6, 6.07) is 0. The molecule has 0 unspecified atom stereocenters. The molecule has 3 nitrogen and oxygen atoms in total. The minimum absolute atomic E-state index is 0. The third-order valence-electron chi connectivity index (χ3n) is 1.40. The fourth-order valence-electron chi connectivity index (χ4n) is 0.904. The van der Waals surface area contributed by atoms with Crippen LogP contribution in [0.4, 0.5) is 0 Å². The average Bonchev–Trinajstić information content (AvgIpc) is 2.12. The van der Waals surface area contributed by atoms with Crippen molar-refractivity contribution in [3.63, 3.8) is 0 Å². The van der Waals surface area contributed by atoms with E-state index in [1.165, 1.54) is 6.42 Å². The molecule has 1 aliphatic rings. The van der Waals surface area contributed by atoms with E-state index >= 15 is 0 Å². The Balaban J connectivity index is 0. The first-order valence-corrected chi connectivity index (χ1v) is 4.95. The van der Waals surface area contributed by atoms with Gasteiger partial charge in [0.2, 0.25) is 5.91 Å². The summed E-state index contributed by atoms with van der Waals surface area (Å²) in [5.74, 6) is 0.225. The van der Waals surface area contributed by atoms with Crippen LogP contribution in [0.25, 0.3) is 0 Å². The number of nitrogens with one attached hydrogen (secondary N) is 1. The van der Waals surface area contributed by atoms with E-state index in [9.17, 15) is 4.79 Å². The van der Waals surface area contributed by atoms with Crippen LogP contribution >= 0.6 is 0 Å². The van der Waals surface area contributed by atoms with E-state index in [0.29, 0.717) is 0 Å². The van der Waals surface area contributed by atoms with Crippen LogP contribution in [0, 0.1) is 0 Å². The number of rotatable bonds is 0. The lowest BCUT2D eigenvalue weighted by Crippen LogP contribution is -3.00. The van der Waals surface area contributed by atoms with E-state index in [0.717, 1.165) is 30.3 Å². The maximum Gasteiger partial charge on any atom is 0.219 e. The lowest BCUT2D eigenvalue weighted by atomic mass is 10.2. The van der Waals surface area contributed by atoms with Gasteiger partial charge in [0.15, 0.2) is 0 Å². The van der Waals surface area contributed by atoms with Gasteiger partial charge in [-0.2, -0.15) is 0 Å². The Morgan fingerprint density at radius 1 is 1.07 bits per heavy atom. The molecule has 0 bridgehead atoms. The highest BCUT2D eigenvalue weighted by atomic mass is 35.5. The van der Waals surface area contributed by atoms with Crippen molar-refractivity contribution in [3.8, 4) is 0 Å². The van der Waals surface area contributed by atoms with Gasteiger partial charge < -0.3 is 22.2 Å². The Morgan fingerprint density at radius 2 is 1.57 bits per heavy atom. The number of amides is 1. The van der Waals surface area contributed by atoms with Crippen molar-refractivity contribution in [2.75, 3.05) is 34.7 Å². The molecule has 1 saturated heterocycles. The summed E-state index contributed by atoms with van der Waals surface area (Å²) in [7, 11) is 8.50. The molecule has 1 rings (SSSR count). The summed E-state index contributed by atoms with van der Waals surface area (Å²) in [5.41, 5.74) is 0. The van der Waals surface area contributed by atoms with Gasteiger partial charge in [-0.3, -0.25) is 4.79 Å². The van der Waals surface area contributed by atoms with Crippen LogP contribution in [-0.2, 0) is 4.79 Å². The first-order chi connectivity index (χ1) is 5.89. The Hall–Kier alpha value is -0.280. The van der Waals surface area contributed by atoms with Crippen molar-refractivity contribution in [3.05, 3.63) is 0 Å². The van der Waals surface area contributed by atoms with Gasteiger partial charge in [0.25, 0.3) is 0 Å². The molecule has 4 heteroatoms. The molecular weight excluding hydrogens is 200 g/mol. The van der Waals surface area contributed by atoms with Crippen LogP contribution in [0.3, 0.4) is 0 Å². The summed E-state index contributed by atoms with van der Waals surface area (Å²) in [5, 5.41) is 2.81. The molecule has 0 aromatic rings. The Labute approximate surface area is 93.9 Å². The molecule has 0 aromatic carbocycles. The van der Waals surface area contributed by atoms with Gasteiger partial charge in [-0.1, -0.05) is 6.42 Å². The monoisotopic (exact) mass is 222 g/mol. The number of quaternary nitrogens is 1.